The van der Waals surface area contributed by atoms with Gasteiger partial charge in [-0.2, -0.15) is 13.2 Å². The van der Waals surface area contributed by atoms with Gasteiger partial charge >= 0.3 is 11.9 Å². The third-order valence-electron chi connectivity index (χ3n) is 5.27. The van der Waals surface area contributed by atoms with Gasteiger partial charge in [0.1, 0.15) is 12.3 Å². The standard InChI is InChI=1S/C20H26F3N3O4Si/c1-19(2,3)31(4,5)30-11-10-29-18-17(26(27)28)15(24)12-16(25-18)13-8-6-7-9-14(13)20(21,22)23/h6-9,12H,10-11H2,1-5H3,(H2,24,25). The van der Waals surface area contributed by atoms with Gasteiger partial charge in [0.05, 0.1) is 22.8 Å². The summed E-state index contributed by atoms with van der Waals surface area (Å²) in [5.41, 5.74) is 3.50. The van der Waals surface area contributed by atoms with E-state index in [1.54, 1.807) is 0 Å². The molecule has 0 aliphatic rings. The molecule has 11 heteroatoms. The van der Waals surface area contributed by atoms with E-state index in [2.05, 4.69) is 25.8 Å². The first kappa shape index (κ1) is 24.6. The third kappa shape index (κ3) is 5.73. The highest BCUT2D eigenvalue weighted by molar-refractivity contribution is 6.74. The first-order chi connectivity index (χ1) is 14.1. The molecule has 0 bridgehead atoms. The smallest absolute Gasteiger partial charge is 0.417 e. The Kier molecular flexibility index (Phi) is 7.01. The summed E-state index contributed by atoms with van der Waals surface area (Å²) in [5, 5.41) is 11.4. The molecule has 0 saturated heterocycles. The van der Waals surface area contributed by atoms with Gasteiger partial charge in [-0.25, -0.2) is 4.98 Å². The number of nitrogen functional groups attached to an aromatic ring is 1. The maximum Gasteiger partial charge on any atom is 0.417 e. The molecule has 0 aliphatic carbocycles. The summed E-state index contributed by atoms with van der Waals surface area (Å²) in [6, 6.07) is 5.83. The van der Waals surface area contributed by atoms with Gasteiger partial charge in [-0.1, -0.05) is 39.0 Å². The molecule has 0 amide bonds. The van der Waals surface area contributed by atoms with Crippen molar-refractivity contribution in [3.63, 3.8) is 0 Å². The molecule has 0 radical (unpaired) electrons. The van der Waals surface area contributed by atoms with Crippen LogP contribution in [0.2, 0.25) is 18.1 Å². The van der Waals surface area contributed by atoms with Gasteiger partial charge in [-0.3, -0.25) is 10.1 Å². The molecule has 2 rings (SSSR count). The number of pyridine rings is 1. The molecule has 170 valence electrons. The monoisotopic (exact) mass is 457 g/mol. The molecule has 31 heavy (non-hydrogen) atoms. The predicted octanol–water partition coefficient (Wildman–Crippen LogP) is 5.66. The van der Waals surface area contributed by atoms with Gasteiger partial charge in [-0.15, -0.1) is 0 Å². The molecule has 2 N–H and O–H groups in total. The summed E-state index contributed by atoms with van der Waals surface area (Å²) < 4.78 is 51.6. The van der Waals surface area contributed by atoms with Crippen LogP contribution in [0.4, 0.5) is 24.5 Å². The van der Waals surface area contributed by atoms with E-state index in [1.807, 2.05) is 13.1 Å². The first-order valence-electron chi connectivity index (χ1n) is 9.53. The SMILES string of the molecule is CC(C)(C)[Si](C)(C)OCCOc1nc(-c2ccccc2C(F)(F)F)cc(N)c1[N+](=O)[O-]. The second-order valence-electron chi connectivity index (χ2n) is 8.51. The van der Waals surface area contributed by atoms with Crippen molar-refractivity contribution in [1.29, 1.82) is 0 Å². The van der Waals surface area contributed by atoms with Crippen LogP contribution in [-0.2, 0) is 10.6 Å². The van der Waals surface area contributed by atoms with E-state index in [-0.39, 0.29) is 35.2 Å². The molecular weight excluding hydrogens is 431 g/mol. The second-order valence-corrected chi connectivity index (χ2v) is 13.3. The average molecular weight is 458 g/mol. The zero-order chi connectivity index (χ0) is 23.6. The fourth-order valence-electron chi connectivity index (χ4n) is 2.56. The van der Waals surface area contributed by atoms with E-state index < -0.39 is 36.5 Å². The first-order valence-corrected chi connectivity index (χ1v) is 12.4. The lowest BCUT2D eigenvalue weighted by Gasteiger charge is -2.36. The average Bonchev–Trinajstić information content (AvgIpc) is 2.63. The van der Waals surface area contributed by atoms with Crippen molar-refractivity contribution in [1.82, 2.24) is 4.98 Å². The summed E-state index contributed by atoms with van der Waals surface area (Å²) in [6.07, 6.45) is -4.63. The largest absolute Gasteiger partial charge is 0.470 e. The van der Waals surface area contributed by atoms with Crippen LogP contribution in [0.1, 0.15) is 26.3 Å². The van der Waals surface area contributed by atoms with Crippen LogP contribution in [0.3, 0.4) is 0 Å². The number of rotatable bonds is 7. The summed E-state index contributed by atoms with van der Waals surface area (Å²) in [7, 11) is -2.07. The van der Waals surface area contributed by atoms with Crippen molar-refractivity contribution in [3.8, 4) is 17.1 Å². The van der Waals surface area contributed by atoms with Crippen molar-refractivity contribution in [2.45, 2.75) is 45.1 Å². The number of halogens is 3. The number of hydrogen-bond acceptors (Lipinski definition) is 6. The molecule has 0 saturated carbocycles. The molecule has 0 atom stereocenters. The number of nitrogens with zero attached hydrogens (tertiary/aromatic N) is 2. The highest BCUT2D eigenvalue weighted by Gasteiger charge is 2.37. The van der Waals surface area contributed by atoms with E-state index in [0.717, 1.165) is 12.1 Å². The van der Waals surface area contributed by atoms with Crippen LogP contribution in [-0.4, -0.2) is 31.4 Å². The molecule has 1 aromatic heterocycles. The normalized spacial score (nSPS) is 12.6. The van der Waals surface area contributed by atoms with E-state index in [9.17, 15) is 23.3 Å². The molecule has 1 aromatic carbocycles. The Hall–Kier alpha value is -2.66. The van der Waals surface area contributed by atoms with E-state index in [1.165, 1.54) is 18.2 Å². The van der Waals surface area contributed by atoms with Gasteiger partial charge in [-0.05, 0) is 30.3 Å². The number of benzene rings is 1. The Morgan fingerprint density at radius 3 is 2.32 bits per heavy atom. The van der Waals surface area contributed by atoms with Crippen LogP contribution in [0, 0.1) is 10.1 Å². The van der Waals surface area contributed by atoms with Gasteiger partial charge in [0.15, 0.2) is 8.32 Å². The minimum absolute atomic E-state index is 0.0388. The highest BCUT2D eigenvalue weighted by atomic mass is 28.4. The number of ether oxygens (including phenoxy) is 1. The Morgan fingerprint density at radius 2 is 1.77 bits per heavy atom. The van der Waals surface area contributed by atoms with Gasteiger partial charge < -0.3 is 14.9 Å². The van der Waals surface area contributed by atoms with Crippen LogP contribution in [0.15, 0.2) is 30.3 Å². The maximum atomic E-state index is 13.4. The molecule has 0 unspecified atom stereocenters. The van der Waals surface area contributed by atoms with Gasteiger partial charge in [0.2, 0.25) is 0 Å². The minimum atomic E-state index is -4.63. The molecule has 0 spiro atoms. The third-order valence-corrected chi connectivity index (χ3v) is 9.81. The summed E-state index contributed by atoms with van der Waals surface area (Å²) in [6.45, 7) is 10.4. The number of alkyl halides is 3. The molecule has 0 aliphatic heterocycles. The highest BCUT2D eigenvalue weighted by Crippen LogP contribution is 2.40. The number of nitrogens with two attached hydrogens (primary N) is 1. The fraction of sp³-hybridized carbons (Fsp3) is 0.450. The fourth-order valence-corrected chi connectivity index (χ4v) is 3.59. The molecule has 1 heterocycles. The van der Waals surface area contributed by atoms with Crippen LogP contribution in [0.5, 0.6) is 5.88 Å². The van der Waals surface area contributed by atoms with Crippen molar-refractivity contribution in [2.24, 2.45) is 0 Å². The number of anilines is 1. The number of nitro groups is 1. The quantitative estimate of drug-likeness (QED) is 0.249. The zero-order valence-electron chi connectivity index (χ0n) is 18.0. The summed E-state index contributed by atoms with van der Waals surface area (Å²) >= 11 is 0. The Balaban J connectivity index is 2.36. The minimum Gasteiger partial charge on any atom is -0.470 e. The summed E-state index contributed by atoms with van der Waals surface area (Å²) in [4.78, 5) is 14.7. The Bertz CT molecular complexity index is 960. The lowest BCUT2D eigenvalue weighted by Crippen LogP contribution is -2.41. The van der Waals surface area contributed by atoms with E-state index in [0.29, 0.717) is 0 Å². The molecule has 2 aromatic rings. The van der Waals surface area contributed by atoms with Crippen LogP contribution in [0.25, 0.3) is 11.3 Å². The number of aromatic nitrogens is 1. The van der Waals surface area contributed by atoms with Crippen molar-refractivity contribution in [2.75, 3.05) is 18.9 Å². The zero-order valence-corrected chi connectivity index (χ0v) is 19.0. The van der Waals surface area contributed by atoms with Crippen molar-refractivity contribution >= 4 is 19.7 Å². The maximum absolute atomic E-state index is 13.4. The van der Waals surface area contributed by atoms with E-state index >= 15 is 0 Å². The topological polar surface area (TPSA) is 101 Å². The second kappa shape index (κ2) is 8.83. The predicted molar refractivity (Wildman–Crippen MR) is 114 cm³/mol. The van der Waals surface area contributed by atoms with Crippen LogP contribution >= 0.6 is 0 Å². The van der Waals surface area contributed by atoms with Gasteiger partial charge in [0, 0.05) is 5.56 Å². The van der Waals surface area contributed by atoms with Crippen molar-refractivity contribution < 1.29 is 27.3 Å². The lowest BCUT2D eigenvalue weighted by molar-refractivity contribution is -0.385. The Labute approximate surface area is 179 Å². The van der Waals surface area contributed by atoms with Crippen LogP contribution < -0.4 is 10.5 Å². The van der Waals surface area contributed by atoms with Crippen molar-refractivity contribution in [3.05, 3.63) is 46.0 Å². The molecule has 7 nitrogen and oxygen atoms in total. The molecule has 0 fully saturated rings. The Morgan fingerprint density at radius 1 is 1.16 bits per heavy atom. The van der Waals surface area contributed by atoms with Gasteiger partial charge in [0.25, 0.3) is 5.88 Å². The lowest BCUT2D eigenvalue weighted by atomic mass is 10.0. The summed E-state index contributed by atoms with van der Waals surface area (Å²) in [5.74, 6) is -0.448. The number of hydrogen-bond donors (Lipinski definition) is 1. The van der Waals surface area contributed by atoms with E-state index in [4.69, 9.17) is 14.9 Å². The molecular formula is C20H26F3N3O4Si.